The number of rotatable bonds is 2. The fourth-order valence-corrected chi connectivity index (χ4v) is 3.38. The van der Waals surface area contributed by atoms with Crippen molar-refractivity contribution in [2.75, 3.05) is 5.32 Å². The molecule has 112 valence electrons. The van der Waals surface area contributed by atoms with E-state index in [0.29, 0.717) is 11.5 Å². The van der Waals surface area contributed by atoms with Gasteiger partial charge < -0.3 is 5.32 Å². The molecule has 1 N–H and O–H groups in total. The molecule has 2 rings (SSSR count). The van der Waals surface area contributed by atoms with Crippen molar-refractivity contribution in [1.29, 1.82) is 0 Å². The molecule has 2 unspecified atom stereocenters. The molecule has 0 radical (unpaired) electrons. The normalized spacial score (nSPS) is 24.2. The molecule has 0 heterocycles. The molecule has 1 aromatic rings. The van der Waals surface area contributed by atoms with Gasteiger partial charge in [0.25, 0.3) is 0 Å². The Kier molecular flexibility index (Phi) is 4.78. The van der Waals surface area contributed by atoms with Crippen molar-refractivity contribution in [3.8, 4) is 0 Å². The Hall–Kier alpha value is -0.980. The highest BCUT2D eigenvalue weighted by molar-refractivity contribution is 5.48. The zero-order chi connectivity index (χ0) is 14.8. The van der Waals surface area contributed by atoms with E-state index in [1.807, 2.05) is 0 Å². The standard InChI is InChI=1S/C19H31N/c1-14-9-11-18(13-15(14)2)20-17-8-6-7-16(10-12-17)19(3,4)5/h9,11,13,16-17,20H,6-8,10,12H2,1-5H3. The van der Waals surface area contributed by atoms with Gasteiger partial charge >= 0.3 is 0 Å². The maximum Gasteiger partial charge on any atom is 0.0345 e. The summed E-state index contributed by atoms with van der Waals surface area (Å²) in [6.07, 6.45) is 6.76. The van der Waals surface area contributed by atoms with Gasteiger partial charge in [-0.1, -0.05) is 33.3 Å². The number of aryl methyl sites for hydroxylation is 2. The van der Waals surface area contributed by atoms with E-state index in [1.165, 1.54) is 48.9 Å². The van der Waals surface area contributed by atoms with Crippen LogP contribution in [0.15, 0.2) is 18.2 Å². The third-order valence-electron chi connectivity index (χ3n) is 5.07. The molecule has 0 saturated heterocycles. The van der Waals surface area contributed by atoms with Gasteiger partial charge in [0.2, 0.25) is 0 Å². The van der Waals surface area contributed by atoms with Crippen molar-refractivity contribution in [3.05, 3.63) is 29.3 Å². The zero-order valence-electron chi connectivity index (χ0n) is 13.9. The predicted molar refractivity (Wildman–Crippen MR) is 89.4 cm³/mol. The van der Waals surface area contributed by atoms with E-state index < -0.39 is 0 Å². The number of hydrogen-bond acceptors (Lipinski definition) is 1. The molecule has 1 aliphatic rings. The quantitative estimate of drug-likeness (QED) is 0.680. The highest BCUT2D eigenvalue weighted by Gasteiger charge is 2.27. The summed E-state index contributed by atoms with van der Waals surface area (Å²) < 4.78 is 0. The van der Waals surface area contributed by atoms with Crippen LogP contribution in [0, 0.1) is 25.2 Å². The first-order valence-corrected chi connectivity index (χ1v) is 8.20. The molecular weight excluding hydrogens is 242 g/mol. The van der Waals surface area contributed by atoms with Crippen molar-refractivity contribution in [3.63, 3.8) is 0 Å². The maximum atomic E-state index is 3.76. The first-order chi connectivity index (χ1) is 9.36. The SMILES string of the molecule is Cc1ccc(NC2CCCC(C(C)(C)C)CC2)cc1C. The van der Waals surface area contributed by atoms with Gasteiger partial charge in [0.1, 0.15) is 0 Å². The van der Waals surface area contributed by atoms with Crippen molar-refractivity contribution >= 4 is 5.69 Å². The molecule has 1 aromatic carbocycles. The Morgan fingerprint density at radius 2 is 1.70 bits per heavy atom. The Balaban J connectivity index is 1.95. The van der Waals surface area contributed by atoms with E-state index in [9.17, 15) is 0 Å². The second kappa shape index (κ2) is 6.20. The molecule has 1 saturated carbocycles. The van der Waals surface area contributed by atoms with Crippen LogP contribution in [0.5, 0.6) is 0 Å². The average molecular weight is 273 g/mol. The fourth-order valence-electron chi connectivity index (χ4n) is 3.38. The first-order valence-electron chi connectivity index (χ1n) is 8.20. The molecule has 1 heteroatoms. The average Bonchev–Trinajstić information content (AvgIpc) is 2.59. The van der Waals surface area contributed by atoms with Gasteiger partial charge in [-0.15, -0.1) is 0 Å². The molecule has 1 fully saturated rings. The van der Waals surface area contributed by atoms with E-state index in [4.69, 9.17) is 0 Å². The monoisotopic (exact) mass is 273 g/mol. The predicted octanol–water partition coefficient (Wildman–Crippen LogP) is 5.71. The molecule has 2 atom stereocenters. The van der Waals surface area contributed by atoms with Gasteiger partial charge in [-0.25, -0.2) is 0 Å². The lowest BCUT2D eigenvalue weighted by Gasteiger charge is -2.29. The summed E-state index contributed by atoms with van der Waals surface area (Å²) in [6.45, 7) is 11.6. The molecule has 0 aromatic heterocycles. The largest absolute Gasteiger partial charge is 0.382 e. The van der Waals surface area contributed by atoms with Crippen LogP contribution >= 0.6 is 0 Å². The third kappa shape index (κ3) is 4.01. The summed E-state index contributed by atoms with van der Waals surface area (Å²) in [5, 5.41) is 3.76. The molecule has 0 bridgehead atoms. The van der Waals surface area contributed by atoms with Crippen LogP contribution in [0.4, 0.5) is 5.69 Å². The van der Waals surface area contributed by atoms with Crippen molar-refractivity contribution in [2.24, 2.45) is 11.3 Å². The van der Waals surface area contributed by atoms with E-state index in [0.717, 1.165) is 5.92 Å². The first kappa shape index (κ1) is 15.4. The van der Waals surface area contributed by atoms with Crippen LogP contribution in [-0.4, -0.2) is 6.04 Å². The van der Waals surface area contributed by atoms with Crippen LogP contribution in [0.25, 0.3) is 0 Å². The fraction of sp³-hybridized carbons (Fsp3) is 0.684. The molecule has 20 heavy (non-hydrogen) atoms. The number of benzene rings is 1. The number of anilines is 1. The van der Waals surface area contributed by atoms with Crippen LogP contribution in [-0.2, 0) is 0 Å². The topological polar surface area (TPSA) is 12.0 Å². The lowest BCUT2D eigenvalue weighted by atomic mass is 9.76. The number of hydrogen-bond donors (Lipinski definition) is 1. The van der Waals surface area contributed by atoms with E-state index in [2.05, 4.69) is 58.1 Å². The van der Waals surface area contributed by atoms with Crippen LogP contribution in [0.1, 0.15) is 64.0 Å². The Bertz CT molecular complexity index is 442. The third-order valence-corrected chi connectivity index (χ3v) is 5.07. The van der Waals surface area contributed by atoms with Crippen molar-refractivity contribution in [1.82, 2.24) is 0 Å². The van der Waals surface area contributed by atoms with Crippen molar-refractivity contribution in [2.45, 2.75) is 72.8 Å². The molecule has 1 nitrogen and oxygen atoms in total. The van der Waals surface area contributed by atoms with E-state index in [1.54, 1.807) is 0 Å². The van der Waals surface area contributed by atoms with Gasteiger partial charge in [-0.3, -0.25) is 0 Å². The summed E-state index contributed by atoms with van der Waals surface area (Å²) in [5.74, 6) is 0.883. The minimum absolute atomic E-state index is 0.468. The Morgan fingerprint density at radius 1 is 0.950 bits per heavy atom. The van der Waals surface area contributed by atoms with Crippen molar-refractivity contribution < 1.29 is 0 Å². The molecule has 0 spiro atoms. The van der Waals surface area contributed by atoms with Gasteiger partial charge in [-0.2, -0.15) is 0 Å². The highest BCUT2D eigenvalue weighted by Crippen LogP contribution is 2.37. The molecule has 0 amide bonds. The summed E-state index contributed by atoms with van der Waals surface area (Å²) in [5.41, 5.74) is 4.53. The highest BCUT2D eigenvalue weighted by atomic mass is 14.9. The van der Waals surface area contributed by atoms with Gasteiger partial charge in [0.15, 0.2) is 0 Å². The van der Waals surface area contributed by atoms with E-state index >= 15 is 0 Å². The summed E-state index contributed by atoms with van der Waals surface area (Å²) in [4.78, 5) is 0. The molecule has 0 aliphatic heterocycles. The minimum Gasteiger partial charge on any atom is -0.382 e. The Morgan fingerprint density at radius 3 is 2.35 bits per heavy atom. The van der Waals surface area contributed by atoms with Gasteiger partial charge in [-0.05, 0) is 74.1 Å². The summed E-state index contributed by atoms with van der Waals surface area (Å²) in [7, 11) is 0. The van der Waals surface area contributed by atoms with Gasteiger partial charge in [0.05, 0.1) is 0 Å². The molecular formula is C19H31N. The lowest BCUT2D eigenvalue weighted by molar-refractivity contribution is 0.214. The second-order valence-electron chi connectivity index (χ2n) is 7.71. The summed E-state index contributed by atoms with van der Waals surface area (Å²) in [6, 6.07) is 7.41. The molecule has 1 aliphatic carbocycles. The lowest BCUT2D eigenvalue weighted by Crippen LogP contribution is -2.21. The summed E-state index contributed by atoms with van der Waals surface area (Å²) >= 11 is 0. The van der Waals surface area contributed by atoms with E-state index in [-0.39, 0.29) is 0 Å². The maximum absolute atomic E-state index is 3.76. The van der Waals surface area contributed by atoms with Crippen LogP contribution in [0.2, 0.25) is 0 Å². The zero-order valence-corrected chi connectivity index (χ0v) is 13.9. The minimum atomic E-state index is 0.468. The smallest absolute Gasteiger partial charge is 0.0345 e. The number of nitrogens with one attached hydrogen (secondary N) is 1. The van der Waals surface area contributed by atoms with Crippen LogP contribution in [0.3, 0.4) is 0 Å². The Labute approximate surface area is 125 Å². The van der Waals surface area contributed by atoms with Gasteiger partial charge in [0, 0.05) is 11.7 Å². The second-order valence-corrected chi connectivity index (χ2v) is 7.71. The van der Waals surface area contributed by atoms with Crippen LogP contribution < -0.4 is 5.32 Å².